The molecule has 0 saturated heterocycles. The van der Waals surface area contributed by atoms with Crippen LogP contribution in [0, 0.1) is 5.82 Å². The topological polar surface area (TPSA) is 72.1 Å². The van der Waals surface area contributed by atoms with Gasteiger partial charge < -0.3 is 25.4 Å². The summed E-state index contributed by atoms with van der Waals surface area (Å²) in [6.07, 6.45) is 0. The van der Waals surface area contributed by atoms with Gasteiger partial charge in [-0.1, -0.05) is 18.2 Å². The number of nitrogens with one attached hydrogen (secondary N) is 1. The molecule has 2 aromatic rings. The summed E-state index contributed by atoms with van der Waals surface area (Å²) in [7, 11) is 7.00. The molecule has 0 aromatic heterocycles. The Hall–Kier alpha value is -2.07. The molecular weight excluding hydrogens is 474 g/mol. The van der Waals surface area contributed by atoms with Crippen molar-refractivity contribution in [3.63, 3.8) is 0 Å². The van der Waals surface area contributed by atoms with Crippen LogP contribution >= 0.6 is 24.0 Å². The number of halogens is 2. The Balaban J connectivity index is 0.00000392. The fourth-order valence-electron chi connectivity index (χ4n) is 2.57. The molecule has 8 heteroatoms. The van der Waals surface area contributed by atoms with Crippen LogP contribution in [0.15, 0.2) is 41.4 Å². The van der Waals surface area contributed by atoms with E-state index < -0.39 is 0 Å². The number of benzene rings is 2. The molecule has 0 radical (unpaired) electrons. The van der Waals surface area contributed by atoms with Gasteiger partial charge in [-0.15, -0.1) is 24.0 Å². The highest BCUT2D eigenvalue weighted by Crippen LogP contribution is 2.27. The first-order valence-corrected chi connectivity index (χ1v) is 8.59. The molecule has 28 heavy (non-hydrogen) atoms. The third-order valence-corrected chi connectivity index (χ3v) is 3.96. The number of ether oxygens (including phenoxy) is 2. The van der Waals surface area contributed by atoms with Crippen molar-refractivity contribution in [1.29, 1.82) is 0 Å². The van der Waals surface area contributed by atoms with E-state index in [9.17, 15) is 4.39 Å². The van der Waals surface area contributed by atoms with Gasteiger partial charge >= 0.3 is 0 Å². The van der Waals surface area contributed by atoms with Gasteiger partial charge in [0, 0.05) is 18.7 Å². The van der Waals surface area contributed by atoms with E-state index in [1.54, 1.807) is 20.3 Å². The number of hydrogen-bond acceptors (Lipinski definition) is 4. The number of methoxy groups -OCH3 is 2. The Morgan fingerprint density at radius 2 is 1.75 bits per heavy atom. The van der Waals surface area contributed by atoms with Crippen molar-refractivity contribution in [3.05, 3.63) is 58.9 Å². The summed E-state index contributed by atoms with van der Waals surface area (Å²) < 4.78 is 24.6. The van der Waals surface area contributed by atoms with Crippen LogP contribution < -0.4 is 20.5 Å². The first-order valence-electron chi connectivity index (χ1n) is 8.59. The second-order valence-corrected chi connectivity index (χ2v) is 6.41. The summed E-state index contributed by atoms with van der Waals surface area (Å²) >= 11 is 0. The molecule has 0 aliphatic carbocycles. The van der Waals surface area contributed by atoms with E-state index in [-0.39, 0.29) is 29.8 Å². The predicted molar refractivity (Wildman–Crippen MR) is 121 cm³/mol. The second-order valence-electron chi connectivity index (χ2n) is 6.41. The van der Waals surface area contributed by atoms with Crippen LogP contribution in [0.25, 0.3) is 0 Å². The van der Waals surface area contributed by atoms with Crippen molar-refractivity contribution in [2.24, 2.45) is 10.7 Å². The zero-order valence-corrected chi connectivity index (χ0v) is 19.0. The zero-order chi connectivity index (χ0) is 19.8. The number of nitrogens with two attached hydrogens (primary N) is 1. The third-order valence-electron chi connectivity index (χ3n) is 3.96. The standard InChI is InChI=1S/C20H27FN4O2.HI/c1-25(2)13-16-7-5-14(9-17(16)21)11-23-20(22)24-12-15-6-8-18(26-3)19(10-15)27-4;/h5-10H,11-13H2,1-4H3,(H3,22,23,24);1H. The van der Waals surface area contributed by atoms with E-state index in [4.69, 9.17) is 15.2 Å². The van der Waals surface area contributed by atoms with Crippen molar-refractivity contribution in [2.75, 3.05) is 28.3 Å². The summed E-state index contributed by atoms with van der Waals surface area (Å²) in [4.78, 5) is 6.19. The van der Waals surface area contributed by atoms with Gasteiger partial charge in [-0.25, -0.2) is 9.38 Å². The summed E-state index contributed by atoms with van der Waals surface area (Å²) in [6, 6.07) is 10.8. The minimum atomic E-state index is -0.228. The number of aliphatic imine (C=N–C) groups is 1. The van der Waals surface area contributed by atoms with Crippen LogP contribution in [0.1, 0.15) is 16.7 Å². The molecule has 0 aliphatic rings. The molecule has 0 aliphatic heterocycles. The van der Waals surface area contributed by atoms with E-state index in [0.29, 0.717) is 42.7 Å². The highest BCUT2D eigenvalue weighted by Gasteiger charge is 2.06. The number of nitrogens with zero attached hydrogens (tertiary/aromatic N) is 2. The Morgan fingerprint density at radius 3 is 2.36 bits per heavy atom. The molecule has 0 saturated carbocycles. The minimum absolute atomic E-state index is 0. The lowest BCUT2D eigenvalue weighted by atomic mass is 10.1. The summed E-state index contributed by atoms with van der Waals surface area (Å²) in [6.45, 7) is 1.36. The average molecular weight is 502 g/mol. The van der Waals surface area contributed by atoms with Gasteiger partial charge in [0.15, 0.2) is 17.5 Å². The Labute approximate surface area is 182 Å². The maximum absolute atomic E-state index is 14.1. The summed E-state index contributed by atoms with van der Waals surface area (Å²) in [5.41, 5.74) is 8.32. The number of rotatable bonds is 8. The average Bonchev–Trinajstić information content (AvgIpc) is 2.66. The van der Waals surface area contributed by atoms with Crippen molar-refractivity contribution in [3.8, 4) is 11.5 Å². The maximum Gasteiger partial charge on any atom is 0.189 e. The largest absolute Gasteiger partial charge is 0.493 e. The van der Waals surface area contributed by atoms with E-state index in [1.807, 2.05) is 43.3 Å². The van der Waals surface area contributed by atoms with Crippen LogP contribution in [0.5, 0.6) is 11.5 Å². The molecule has 0 atom stereocenters. The van der Waals surface area contributed by atoms with E-state index in [1.165, 1.54) is 6.07 Å². The predicted octanol–water partition coefficient (Wildman–Crippen LogP) is 3.13. The first-order chi connectivity index (χ1) is 12.9. The fraction of sp³-hybridized carbons (Fsp3) is 0.350. The molecule has 0 heterocycles. The molecule has 6 nitrogen and oxygen atoms in total. The van der Waals surface area contributed by atoms with Crippen molar-refractivity contribution in [2.45, 2.75) is 19.6 Å². The van der Waals surface area contributed by atoms with Crippen molar-refractivity contribution >= 4 is 29.9 Å². The smallest absolute Gasteiger partial charge is 0.189 e. The highest BCUT2D eigenvalue weighted by atomic mass is 127. The molecule has 154 valence electrons. The van der Waals surface area contributed by atoms with Crippen LogP contribution in [0.4, 0.5) is 4.39 Å². The molecule has 0 spiro atoms. The Bertz CT molecular complexity index is 800. The zero-order valence-electron chi connectivity index (χ0n) is 16.7. The van der Waals surface area contributed by atoms with Gasteiger partial charge in [0.1, 0.15) is 5.82 Å². The molecule has 2 rings (SSSR count). The normalized spacial score (nSPS) is 11.1. The lowest BCUT2D eigenvalue weighted by molar-refractivity contribution is 0.354. The van der Waals surface area contributed by atoms with Crippen LogP contribution in [-0.2, 0) is 19.6 Å². The van der Waals surface area contributed by atoms with Crippen LogP contribution in [-0.4, -0.2) is 39.2 Å². The Morgan fingerprint density at radius 1 is 1.07 bits per heavy atom. The molecule has 0 unspecified atom stereocenters. The molecule has 3 N–H and O–H groups in total. The lowest BCUT2D eigenvalue weighted by Crippen LogP contribution is -2.31. The van der Waals surface area contributed by atoms with Gasteiger partial charge in [0.2, 0.25) is 0 Å². The van der Waals surface area contributed by atoms with E-state index >= 15 is 0 Å². The van der Waals surface area contributed by atoms with Crippen LogP contribution in [0.2, 0.25) is 0 Å². The molecule has 0 bridgehead atoms. The Kier molecular flexibility index (Phi) is 10.0. The first kappa shape index (κ1) is 24.0. The lowest BCUT2D eigenvalue weighted by Gasteiger charge is -2.11. The van der Waals surface area contributed by atoms with Gasteiger partial charge in [-0.05, 0) is 43.4 Å². The van der Waals surface area contributed by atoms with Gasteiger partial charge in [0.25, 0.3) is 0 Å². The molecule has 2 aromatic carbocycles. The quantitative estimate of drug-likeness (QED) is 0.330. The molecule has 0 fully saturated rings. The second kappa shape index (κ2) is 11.7. The highest BCUT2D eigenvalue weighted by molar-refractivity contribution is 14.0. The third kappa shape index (κ3) is 7.16. The van der Waals surface area contributed by atoms with E-state index in [0.717, 1.165) is 11.1 Å². The maximum atomic E-state index is 14.1. The van der Waals surface area contributed by atoms with Gasteiger partial charge in [-0.3, -0.25) is 0 Å². The van der Waals surface area contributed by atoms with Gasteiger partial charge in [-0.2, -0.15) is 0 Å². The monoisotopic (exact) mass is 502 g/mol. The van der Waals surface area contributed by atoms with Gasteiger partial charge in [0.05, 0.1) is 20.8 Å². The summed E-state index contributed by atoms with van der Waals surface area (Å²) in [5, 5.41) is 3.04. The molecular formula is C20H28FIN4O2. The minimum Gasteiger partial charge on any atom is -0.493 e. The van der Waals surface area contributed by atoms with Crippen LogP contribution in [0.3, 0.4) is 0 Å². The molecule has 0 amide bonds. The van der Waals surface area contributed by atoms with Crippen molar-refractivity contribution < 1.29 is 13.9 Å². The SMILES string of the molecule is COc1ccc(CNC(N)=NCc2ccc(CN(C)C)c(F)c2)cc1OC.I. The fourth-order valence-corrected chi connectivity index (χ4v) is 2.57. The summed E-state index contributed by atoms with van der Waals surface area (Å²) in [5.74, 6) is 1.39. The van der Waals surface area contributed by atoms with E-state index in [2.05, 4.69) is 10.3 Å². The number of hydrogen-bond donors (Lipinski definition) is 2. The number of guanidine groups is 1. The van der Waals surface area contributed by atoms with Crippen molar-refractivity contribution in [1.82, 2.24) is 10.2 Å².